The van der Waals surface area contributed by atoms with Gasteiger partial charge in [-0.2, -0.15) is 5.21 Å². The van der Waals surface area contributed by atoms with E-state index in [1.165, 1.54) is 0 Å². The Bertz CT molecular complexity index is 1150. The zero-order valence-electron chi connectivity index (χ0n) is 18.1. The number of aliphatic hydroxyl groups excluding tert-OH is 1. The molecule has 2 N–H and O–H groups in total. The molecule has 0 aliphatic rings. The number of tetrazole rings is 1. The second-order valence-corrected chi connectivity index (χ2v) is 8.50. The van der Waals surface area contributed by atoms with Crippen LogP contribution in [0.2, 0.25) is 5.15 Å². The van der Waals surface area contributed by atoms with Gasteiger partial charge in [0.05, 0.1) is 12.3 Å². The number of imidazole rings is 1. The van der Waals surface area contributed by atoms with E-state index in [1.54, 1.807) is 0 Å². The van der Waals surface area contributed by atoms with Crippen LogP contribution in [0.5, 0.6) is 0 Å². The zero-order valence-corrected chi connectivity index (χ0v) is 22.0. The van der Waals surface area contributed by atoms with Crippen LogP contribution >= 0.6 is 11.6 Å². The Morgan fingerprint density at radius 1 is 1.03 bits per heavy atom. The Hall–Kier alpha value is -1.39. The van der Waals surface area contributed by atoms with Gasteiger partial charge < -0.3 is 9.67 Å². The van der Waals surface area contributed by atoms with Gasteiger partial charge in [-0.05, 0) is 21.9 Å². The number of nitrogens with one attached hydrogen (secondary N) is 1. The molecule has 31 heavy (non-hydrogen) atoms. The van der Waals surface area contributed by atoms with Crippen LogP contribution < -0.4 is 51.4 Å². The molecule has 2 aromatic heterocycles. The first-order valence-electron chi connectivity index (χ1n) is 9.67. The third-order valence-corrected chi connectivity index (χ3v) is 5.27. The number of rotatable bonds is 5. The monoisotopic (exact) mass is 461 g/mol. The molecule has 0 amide bonds. The quantitative estimate of drug-likeness (QED) is 0.436. The molecule has 0 unspecified atom stereocenters. The van der Waals surface area contributed by atoms with E-state index < -0.39 is 0 Å². The summed E-state index contributed by atoms with van der Waals surface area (Å²) in [7, 11) is 0. The molecule has 0 aliphatic heterocycles. The first-order chi connectivity index (χ1) is 14.4. The van der Waals surface area contributed by atoms with E-state index in [2.05, 4.69) is 70.6 Å². The number of aliphatic hydroxyl groups is 1. The molecule has 0 saturated carbocycles. The van der Waals surface area contributed by atoms with Crippen LogP contribution in [0.4, 0.5) is 0 Å². The fraction of sp³-hybridized carbons (Fsp3) is 0.273. The molecular formula is C22H23ClKN6O+. The van der Waals surface area contributed by atoms with Gasteiger partial charge in [-0.3, -0.25) is 0 Å². The molecule has 0 aliphatic carbocycles. The average molecular weight is 462 g/mol. The second-order valence-electron chi connectivity index (χ2n) is 8.15. The van der Waals surface area contributed by atoms with Crippen LogP contribution in [0.15, 0.2) is 48.5 Å². The van der Waals surface area contributed by atoms with Gasteiger partial charge in [-0.1, -0.05) is 80.9 Å². The van der Waals surface area contributed by atoms with E-state index in [-0.39, 0.29) is 63.4 Å². The predicted octanol–water partition coefficient (Wildman–Crippen LogP) is 1.23. The fourth-order valence-electron chi connectivity index (χ4n) is 3.53. The van der Waals surface area contributed by atoms with Crippen molar-refractivity contribution in [3.63, 3.8) is 0 Å². The maximum absolute atomic E-state index is 9.81. The summed E-state index contributed by atoms with van der Waals surface area (Å²) in [6, 6.07) is 16.3. The van der Waals surface area contributed by atoms with Crippen LogP contribution in [0.1, 0.15) is 37.9 Å². The number of benzene rings is 2. The van der Waals surface area contributed by atoms with Crippen molar-refractivity contribution >= 4 is 11.6 Å². The van der Waals surface area contributed by atoms with Crippen molar-refractivity contribution in [1.29, 1.82) is 0 Å². The largest absolute Gasteiger partial charge is 1.00 e. The van der Waals surface area contributed by atoms with Crippen LogP contribution in [-0.4, -0.2) is 35.3 Å². The molecule has 0 fully saturated rings. The molecule has 0 radical (unpaired) electrons. The number of aromatic amines is 1. The first-order valence-corrected chi connectivity index (χ1v) is 10.0. The van der Waals surface area contributed by atoms with Crippen molar-refractivity contribution in [2.24, 2.45) is 0 Å². The summed E-state index contributed by atoms with van der Waals surface area (Å²) in [5, 5.41) is 24.5. The number of nitrogens with zero attached hydrogens (tertiary/aromatic N) is 5. The first kappa shape index (κ1) is 24.3. The molecule has 7 nitrogen and oxygen atoms in total. The maximum atomic E-state index is 9.81. The van der Waals surface area contributed by atoms with E-state index in [9.17, 15) is 5.11 Å². The van der Waals surface area contributed by atoms with Gasteiger partial charge in [0.2, 0.25) is 5.82 Å². The molecule has 4 rings (SSSR count). The average Bonchev–Trinajstić information content (AvgIpc) is 3.36. The minimum Gasteiger partial charge on any atom is -0.390 e. The smallest absolute Gasteiger partial charge is 0.390 e. The molecule has 0 atom stereocenters. The van der Waals surface area contributed by atoms with Crippen LogP contribution in [0, 0.1) is 0 Å². The summed E-state index contributed by atoms with van der Waals surface area (Å²) >= 11 is 6.28. The fourth-order valence-corrected chi connectivity index (χ4v) is 3.77. The summed E-state index contributed by atoms with van der Waals surface area (Å²) in [6.07, 6.45) is 0. The molecule has 4 aromatic rings. The minimum absolute atomic E-state index is 0. The van der Waals surface area contributed by atoms with E-state index in [0.29, 0.717) is 23.2 Å². The molecule has 2 aromatic carbocycles. The van der Waals surface area contributed by atoms with E-state index in [4.69, 9.17) is 11.6 Å². The topological polar surface area (TPSA) is 92.5 Å². The van der Waals surface area contributed by atoms with Crippen molar-refractivity contribution in [3.8, 4) is 22.5 Å². The second kappa shape index (κ2) is 10.0. The Kier molecular flexibility index (Phi) is 7.85. The van der Waals surface area contributed by atoms with Gasteiger partial charge >= 0.3 is 51.4 Å². The van der Waals surface area contributed by atoms with Gasteiger partial charge in [-0.25, -0.2) is 4.98 Å². The zero-order chi connectivity index (χ0) is 21.3. The molecule has 0 spiro atoms. The third-order valence-electron chi connectivity index (χ3n) is 4.96. The van der Waals surface area contributed by atoms with Gasteiger partial charge in [0, 0.05) is 17.5 Å². The minimum atomic E-state index is -0.194. The standard InChI is InChI=1S/C22H23ClN6O.K/c1-22(2,3)21-24-19(23)18(13-30)29(21)12-14-8-10-15(11-9-14)16-6-4-5-7-17(16)20-25-27-28-26-20;/h4-11,30H,12-13H2,1-3H3,(H,25,26,27,28);/q;+1. The van der Waals surface area contributed by atoms with Crippen LogP contribution in [0.25, 0.3) is 22.5 Å². The molecule has 2 heterocycles. The van der Waals surface area contributed by atoms with Crippen molar-refractivity contribution in [3.05, 3.63) is 70.8 Å². The Balaban J connectivity index is 0.00000272. The van der Waals surface area contributed by atoms with Gasteiger partial charge in [0.15, 0.2) is 5.15 Å². The number of halogens is 1. The van der Waals surface area contributed by atoms with E-state index in [0.717, 1.165) is 28.1 Å². The molecule has 9 heteroatoms. The molecule has 0 saturated heterocycles. The van der Waals surface area contributed by atoms with Crippen LogP contribution in [-0.2, 0) is 18.6 Å². The number of hydrogen-bond donors (Lipinski definition) is 2. The van der Waals surface area contributed by atoms with Gasteiger partial charge in [0.1, 0.15) is 5.82 Å². The number of aromatic nitrogens is 6. The van der Waals surface area contributed by atoms with E-state index >= 15 is 0 Å². The van der Waals surface area contributed by atoms with Crippen molar-refractivity contribution in [1.82, 2.24) is 30.2 Å². The summed E-state index contributed by atoms with van der Waals surface area (Å²) in [4.78, 5) is 4.50. The predicted molar refractivity (Wildman–Crippen MR) is 116 cm³/mol. The molecule has 154 valence electrons. The van der Waals surface area contributed by atoms with Gasteiger partial charge in [-0.15, -0.1) is 10.2 Å². The van der Waals surface area contributed by atoms with E-state index in [1.807, 2.05) is 28.8 Å². The summed E-state index contributed by atoms with van der Waals surface area (Å²) in [5.41, 5.74) is 4.53. The molecular weight excluding hydrogens is 439 g/mol. The molecule has 0 bridgehead atoms. The van der Waals surface area contributed by atoms with Crippen molar-refractivity contribution in [2.45, 2.75) is 39.3 Å². The summed E-state index contributed by atoms with van der Waals surface area (Å²) in [5.74, 6) is 1.41. The SMILES string of the molecule is CC(C)(C)c1nc(Cl)c(CO)n1Cc1ccc(-c2ccccc2-c2nn[nH]n2)cc1.[K+]. The van der Waals surface area contributed by atoms with Gasteiger partial charge in [0.25, 0.3) is 0 Å². The summed E-state index contributed by atoms with van der Waals surface area (Å²) in [6.45, 7) is 6.68. The Labute approximate surface area is 228 Å². The number of hydrogen-bond acceptors (Lipinski definition) is 5. The van der Waals surface area contributed by atoms with Crippen LogP contribution in [0.3, 0.4) is 0 Å². The Morgan fingerprint density at radius 3 is 2.29 bits per heavy atom. The number of H-pyrrole nitrogens is 1. The Morgan fingerprint density at radius 2 is 1.71 bits per heavy atom. The third kappa shape index (κ3) is 5.17. The maximum Gasteiger partial charge on any atom is 1.00 e. The van der Waals surface area contributed by atoms with Crippen molar-refractivity contribution in [2.75, 3.05) is 0 Å². The summed E-state index contributed by atoms with van der Waals surface area (Å²) < 4.78 is 2.00. The normalized spacial score (nSPS) is 11.4. The van der Waals surface area contributed by atoms with Crippen molar-refractivity contribution < 1.29 is 56.5 Å².